The van der Waals surface area contributed by atoms with Crippen LogP contribution in [-0.4, -0.2) is 31.7 Å². The average Bonchev–Trinajstić information content (AvgIpc) is 3.09. The number of cyclic esters (lactones) is 1. The normalized spacial score (nSPS) is 17.8. The van der Waals surface area contributed by atoms with Crippen molar-refractivity contribution in [2.75, 3.05) is 0 Å². The van der Waals surface area contributed by atoms with Gasteiger partial charge in [0.15, 0.2) is 5.82 Å². The molecular formula is C24H26FN3O5. The summed E-state index contributed by atoms with van der Waals surface area (Å²) in [7, 11) is 0. The molecule has 0 saturated heterocycles. The number of fused-ring (bicyclic) bond motifs is 1. The molecule has 3 aromatic rings. The maximum atomic E-state index is 15.0. The number of carbonyl (C=O) groups excluding carboxylic acids is 1. The van der Waals surface area contributed by atoms with Gasteiger partial charge < -0.3 is 14.6 Å². The summed E-state index contributed by atoms with van der Waals surface area (Å²) in [6.45, 7) is 6.25. The first kappa shape index (κ1) is 22.9. The first-order valence-electron chi connectivity index (χ1n) is 10.8. The largest absolute Gasteiger partial charge is 0.432 e. The average molecular weight is 455 g/mol. The molecule has 8 nitrogen and oxygen atoms in total. The van der Waals surface area contributed by atoms with Crippen molar-refractivity contribution >= 4 is 5.97 Å². The second-order valence-electron chi connectivity index (χ2n) is 8.29. The highest BCUT2D eigenvalue weighted by atomic mass is 19.1. The highest BCUT2D eigenvalue weighted by molar-refractivity contribution is 5.93. The van der Waals surface area contributed by atoms with Gasteiger partial charge in [0, 0.05) is 12.5 Å². The Kier molecular flexibility index (Phi) is 6.44. The molecule has 0 bridgehead atoms. The molecule has 33 heavy (non-hydrogen) atoms. The van der Waals surface area contributed by atoms with Crippen LogP contribution in [0.2, 0.25) is 0 Å². The van der Waals surface area contributed by atoms with Crippen LogP contribution in [0.3, 0.4) is 0 Å². The first-order chi connectivity index (χ1) is 15.8. The van der Waals surface area contributed by atoms with E-state index in [2.05, 4.69) is 5.10 Å². The van der Waals surface area contributed by atoms with Crippen LogP contribution >= 0.6 is 0 Å². The van der Waals surface area contributed by atoms with E-state index in [1.54, 1.807) is 6.92 Å². The zero-order valence-corrected chi connectivity index (χ0v) is 18.7. The number of benzene rings is 2. The maximum absolute atomic E-state index is 15.0. The standard InChI is InChI=1S/C24H26FN3O5/c1-4-27-20(13-32-12-15-8-6-5-7-9-15)26-28(24(27)31)19-11-16-17(10-18(19)25)22(29)33-23(30)21(16)14(2)3/h5-11,14,21,23,30H,4,12-13H2,1-3H3. The lowest BCUT2D eigenvalue weighted by atomic mass is 9.83. The van der Waals surface area contributed by atoms with Crippen molar-refractivity contribution in [1.82, 2.24) is 14.3 Å². The van der Waals surface area contributed by atoms with Crippen LogP contribution in [0.25, 0.3) is 5.69 Å². The van der Waals surface area contributed by atoms with E-state index in [4.69, 9.17) is 9.47 Å². The van der Waals surface area contributed by atoms with Crippen molar-refractivity contribution in [2.24, 2.45) is 5.92 Å². The minimum Gasteiger partial charge on any atom is -0.432 e. The molecule has 0 radical (unpaired) electrons. The van der Waals surface area contributed by atoms with Gasteiger partial charge in [0.2, 0.25) is 6.29 Å². The predicted octanol–water partition coefficient (Wildman–Crippen LogP) is 3.14. The van der Waals surface area contributed by atoms with E-state index in [1.807, 2.05) is 44.2 Å². The topological polar surface area (TPSA) is 95.6 Å². The minimum absolute atomic E-state index is 0.0367. The fourth-order valence-electron chi connectivity index (χ4n) is 4.13. The van der Waals surface area contributed by atoms with E-state index in [0.29, 0.717) is 24.5 Å². The number of aromatic nitrogens is 3. The van der Waals surface area contributed by atoms with Crippen molar-refractivity contribution in [3.8, 4) is 5.69 Å². The van der Waals surface area contributed by atoms with Crippen molar-refractivity contribution < 1.29 is 23.8 Å². The molecule has 1 aromatic heterocycles. The van der Waals surface area contributed by atoms with Gasteiger partial charge in [-0.2, -0.15) is 4.68 Å². The number of halogens is 1. The summed E-state index contributed by atoms with van der Waals surface area (Å²) in [5.41, 5.74) is 0.824. The van der Waals surface area contributed by atoms with Gasteiger partial charge in [-0.05, 0) is 36.1 Å². The molecule has 0 spiro atoms. The molecule has 9 heteroatoms. The fraction of sp³-hybridized carbons (Fsp3) is 0.375. The van der Waals surface area contributed by atoms with Crippen LogP contribution in [-0.2, 0) is 29.2 Å². The molecule has 1 aliphatic rings. The van der Waals surface area contributed by atoms with Crippen LogP contribution in [0.5, 0.6) is 0 Å². The highest BCUT2D eigenvalue weighted by Gasteiger charge is 2.37. The van der Waals surface area contributed by atoms with E-state index in [-0.39, 0.29) is 23.8 Å². The SMILES string of the molecule is CCn1c(COCc2ccccc2)nn(-c2cc3c(cc2F)C(=O)OC(O)C3C(C)C)c1=O. The third-order valence-electron chi connectivity index (χ3n) is 5.78. The molecule has 1 aliphatic heterocycles. The zero-order valence-electron chi connectivity index (χ0n) is 18.7. The number of esters is 1. The molecule has 2 heterocycles. The number of hydrogen-bond acceptors (Lipinski definition) is 6. The summed E-state index contributed by atoms with van der Waals surface area (Å²) in [5.74, 6) is -1.90. The first-order valence-corrected chi connectivity index (χ1v) is 10.8. The number of rotatable bonds is 7. The Bertz CT molecular complexity index is 1220. The van der Waals surface area contributed by atoms with E-state index in [9.17, 15) is 14.7 Å². The summed E-state index contributed by atoms with van der Waals surface area (Å²) in [6.07, 6.45) is -1.35. The molecule has 2 unspecified atom stereocenters. The minimum atomic E-state index is -1.35. The van der Waals surface area contributed by atoms with Gasteiger partial charge in [-0.25, -0.2) is 14.0 Å². The van der Waals surface area contributed by atoms with Gasteiger partial charge in [0.25, 0.3) is 0 Å². The summed E-state index contributed by atoms with van der Waals surface area (Å²) < 4.78 is 28.1. The van der Waals surface area contributed by atoms with E-state index >= 15 is 4.39 Å². The molecule has 174 valence electrons. The Balaban J connectivity index is 1.70. The van der Waals surface area contributed by atoms with Gasteiger partial charge >= 0.3 is 11.7 Å². The van der Waals surface area contributed by atoms with Crippen molar-refractivity contribution in [2.45, 2.75) is 52.7 Å². The van der Waals surface area contributed by atoms with Crippen molar-refractivity contribution in [3.05, 3.63) is 81.3 Å². The Hall–Kier alpha value is -3.30. The molecule has 0 saturated carbocycles. The van der Waals surface area contributed by atoms with Crippen LogP contribution in [0.1, 0.15) is 54.0 Å². The Morgan fingerprint density at radius 1 is 1.18 bits per heavy atom. The van der Waals surface area contributed by atoms with Gasteiger partial charge in [-0.15, -0.1) is 5.10 Å². The van der Waals surface area contributed by atoms with E-state index in [1.165, 1.54) is 10.6 Å². The smallest absolute Gasteiger partial charge is 0.350 e. The number of ether oxygens (including phenoxy) is 2. The van der Waals surface area contributed by atoms with Crippen LogP contribution < -0.4 is 5.69 Å². The summed E-state index contributed by atoms with van der Waals surface area (Å²) >= 11 is 0. The molecule has 0 amide bonds. The monoisotopic (exact) mass is 455 g/mol. The van der Waals surface area contributed by atoms with Crippen LogP contribution in [0.4, 0.5) is 4.39 Å². The van der Waals surface area contributed by atoms with Crippen LogP contribution in [0, 0.1) is 11.7 Å². The maximum Gasteiger partial charge on any atom is 0.350 e. The lowest BCUT2D eigenvalue weighted by molar-refractivity contribution is -0.0939. The van der Waals surface area contributed by atoms with Gasteiger partial charge in [0.05, 0.1) is 12.2 Å². The van der Waals surface area contributed by atoms with Gasteiger partial charge in [-0.1, -0.05) is 44.2 Å². The van der Waals surface area contributed by atoms with Crippen molar-refractivity contribution in [3.63, 3.8) is 0 Å². The molecule has 2 aromatic carbocycles. The molecule has 2 atom stereocenters. The quantitative estimate of drug-likeness (QED) is 0.550. The third kappa shape index (κ3) is 4.34. The zero-order chi connectivity index (χ0) is 23.7. The lowest BCUT2D eigenvalue weighted by Gasteiger charge is -2.32. The second kappa shape index (κ2) is 9.29. The molecule has 1 N–H and O–H groups in total. The molecule has 4 rings (SSSR count). The second-order valence-corrected chi connectivity index (χ2v) is 8.29. The number of hydrogen-bond donors (Lipinski definition) is 1. The number of carbonyl (C=O) groups is 1. The Morgan fingerprint density at radius 2 is 1.91 bits per heavy atom. The number of nitrogens with zero attached hydrogens (tertiary/aromatic N) is 3. The summed E-state index contributed by atoms with van der Waals surface area (Å²) in [6, 6.07) is 12.0. The summed E-state index contributed by atoms with van der Waals surface area (Å²) in [4.78, 5) is 25.2. The highest BCUT2D eigenvalue weighted by Crippen LogP contribution is 2.37. The number of aliphatic hydroxyl groups is 1. The predicted molar refractivity (Wildman–Crippen MR) is 117 cm³/mol. The summed E-state index contributed by atoms with van der Waals surface area (Å²) in [5, 5.41) is 14.6. The number of aliphatic hydroxyl groups excluding tert-OH is 1. The van der Waals surface area contributed by atoms with E-state index < -0.39 is 29.7 Å². The Labute approximate surface area is 190 Å². The van der Waals surface area contributed by atoms with Crippen LogP contribution in [0.15, 0.2) is 47.3 Å². The van der Waals surface area contributed by atoms with E-state index in [0.717, 1.165) is 16.3 Å². The lowest BCUT2D eigenvalue weighted by Crippen LogP contribution is -2.35. The Morgan fingerprint density at radius 3 is 2.58 bits per heavy atom. The molecular weight excluding hydrogens is 429 g/mol. The van der Waals surface area contributed by atoms with Crippen molar-refractivity contribution in [1.29, 1.82) is 0 Å². The van der Waals surface area contributed by atoms with Gasteiger partial charge in [-0.3, -0.25) is 4.57 Å². The fourth-order valence-corrected chi connectivity index (χ4v) is 4.13. The van der Waals surface area contributed by atoms with Gasteiger partial charge in [0.1, 0.15) is 18.1 Å². The third-order valence-corrected chi connectivity index (χ3v) is 5.78. The molecule has 0 fully saturated rings. The molecule has 0 aliphatic carbocycles.